The summed E-state index contributed by atoms with van der Waals surface area (Å²) in [7, 11) is 1.51. The maximum absolute atomic E-state index is 12.3. The minimum Gasteiger partial charge on any atom is -0.506 e. The van der Waals surface area contributed by atoms with Gasteiger partial charge in [0, 0.05) is 11.1 Å². The molecule has 0 amide bonds. The Balaban J connectivity index is 2.25. The Morgan fingerprint density at radius 1 is 0.905 bits per heavy atom. The van der Waals surface area contributed by atoms with Gasteiger partial charge in [0.25, 0.3) is 0 Å². The van der Waals surface area contributed by atoms with Crippen molar-refractivity contribution in [1.82, 2.24) is 0 Å². The van der Waals surface area contributed by atoms with Gasteiger partial charge in [-0.3, -0.25) is 9.59 Å². The van der Waals surface area contributed by atoms with Crippen molar-refractivity contribution in [2.45, 2.75) is 0 Å². The SMILES string of the molecule is COc1cccc(C2=C(O)c3ccccc3C(=O)C2=O)c1. The van der Waals surface area contributed by atoms with E-state index >= 15 is 0 Å². The zero-order valence-electron chi connectivity index (χ0n) is 11.3. The second kappa shape index (κ2) is 4.90. The highest BCUT2D eigenvalue weighted by Crippen LogP contribution is 2.34. The molecule has 3 rings (SSSR count). The summed E-state index contributed by atoms with van der Waals surface area (Å²) in [5.74, 6) is -0.948. The molecule has 4 nitrogen and oxygen atoms in total. The monoisotopic (exact) mass is 280 g/mol. The molecular weight excluding hydrogens is 268 g/mol. The van der Waals surface area contributed by atoms with Gasteiger partial charge in [0.1, 0.15) is 11.5 Å². The number of ether oxygens (including phenoxy) is 1. The smallest absolute Gasteiger partial charge is 0.237 e. The minimum atomic E-state index is -0.709. The first kappa shape index (κ1) is 13.1. The molecule has 0 saturated heterocycles. The van der Waals surface area contributed by atoms with Crippen molar-refractivity contribution >= 4 is 22.9 Å². The number of aliphatic hydroxyl groups excluding tert-OH is 1. The molecule has 21 heavy (non-hydrogen) atoms. The fraction of sp³-hybridized carbons (Fsp3) is 0.0588. The molecule has 4 heteroatoms. The average Bonchev–Trinajstić information content (AvgIpc) is 2.53. The van der Waals surface area contributed by atoms with Gasteiger partial charge >= 0.3 is 0 Å². The molecule has 1 aliphatic rings. The highest BCUT2D eigenvalue weighted by atomic mass is 16.5. The maximum atomic E-state index is 12.3. The highest BCUT2D eigenvalue weighted by Gasteiger charge is 2.33. The van der Waals surface area contributed by atoms with Gasteiger partial charge in [0.15, 0.2) is 0 Å². The molecule has 0 aliphatic heterocycles. The number of ketones is 2. The number of carbonyl (C=O) groups excluding carboxylic acids is 2. The third kappa shape index (κ3) is 2.01. The molecule has 0 aromatic heterocycles. The van der Waals surface area contributed by atoms with E-state index in [0.717, 1.165) is 0 Å². The Morgan fingerprint density at radius 2 is 1.62 bits per heavy atom. The van der Waals surface area contributed by atoms with Crippen molar-refractivity contribution in [2.75, 3.05) is 7.11 Å². The Bertz CT molecular complexity index is 787. The topological polar surface area (TPSA) is 63.6 Å². The standard InChI is InChI=1S/C17H12O4/c1-21-11-6-4-5-10(9-11)14-15(18)12-7-2-3-8-13(12)16(19)17(14)20/h2-9,18H,1H3. The van der Waals surface area contributed by atoms with Crippen LogP contribution in [0.25, 0.3) is 11.3 Å². The lowest BCUT2D eigenvalue weighted by Gasteiger charge is -2.18. The van der Waals surface area contributed by atoms with Crippen molar-refractivity contribution in [2.24, 2.45) is 0 Å². The molecule has 2 aromatic rings. The van der Waals surface area contributed by atoms with Crippen LogP contribution in [-0.2, 0) is 4.79 Å². The summed E-state index contributed by atoms with van der Waals surface area (Å²) in [6, 6.07) is 13.2. The Kier molecular flexibility index (Phi) is 3.06. The number of methoxy groups -OCH3 is 1. The number of benzene rings is 2. The highest BCUT2D eigenvalue weighted by molar-refractivity contribution is 6.62. The second-order valence-electron chi connectivity index (χ2n) is 4.66. The number of hydrogen-bond donors (Lipinski definition) is 1. The van der Waals surface area contributed by atoms with E-state index in [9.17, 15) is 14.7 Å². The van der Waals surface area contributed by atoms with Crippen molar-refractivity contribution in [3.8, 4) is 5.75 Å². The number of fused-ring (bicyclic) bond motifs is 1. The van der Waals surface area contributed by atoms with Crippen LogP contribution in [-0.4, -0.2) is 23.8 Å². The van der Waals surface area contributed by atoms with Crippen molar-refractivity contribution < 1.29 is 19.4 Å². The number of rotatable bonds is 2. The molecular formula is C17H12O4. The predicted octanol–water partition coefficient (Wildman–Crippen LogP) is 2.89. The molecule has 0 saturated carbocycles. The van der Waals surface area contributed by atoms with Gasteiger partial charge in [-0.05, 0) is 17.7 Å². The summed E-state index contributed by atoms with van der Waals surface area (Å²) in [5.41, 5.74) is 1.07. The molecule has 0 spiro atoms. The summed E-state index contributed by atoms with van der Waals surface area (Å²) in [4.78, 5) is 24.5. The normalized spacial score (nSPS) is 14.1. The van der Waals surface area contributed by atoms with Crippen LogP contribution in [0.5, 0.6) is 5.75 Å². The molecule has 2 aromatic carbocycles. The molecule has 0 radical (unpaired) electrons. The minimum absolute atomic E-state index is 0.0117. The zero-order chi connectivity index (χ0) is 15.0. The van der Waals surface area contributed by atoms with Gasteiger partial charge in [-0.25, -0.2) is 0 Å². The Hall–Kier alpha value is -2.88. The number of Topliss-reactive ketones (excluding diaryl/α,β-unsaturated/α-hetero) is 2. The van der Waals surface area contributed by atoms with E-state index in [1.54, 1.807) is 42.5 Å². The Morgan fingerprint density at radius 3 is 2.33 bits per heavy atom. The van der Waals surface area contributed by atoms with Crippen LogP contribution in [0.3, 0.4) is 0 Å². The fourth-order valence-electron chi connectivity index (χ4n) is 2.41. The van der Waals surface area contributed by atoms with E-state index in [0.29, 0.717) is 16.9 Å². The van der Waals surface area contributed by atoms with Crippen LogP contribution in [0.4, 0.5) is 0 Å². The van der Waals surface area contributed by atoms with Crippen molar-refractivity contribution in [1.29, 1.82) is 0 Å². The van der Waals surface area contributed by atoms with Crippen LogP contribution in [0, 0.1) is 0 Å². The van der Waals surface area contributed by atoms with Gasteiger partial charge in [-0.15, -0.1) is 0 Å². The summed E-state index contributed by atoms with van der Waals surface area (Å²) in [5, 5.41) is 10.4. The van der Waals surface area contributed by atoms with Crippen molar-refractivity contribution in [3.63, 3.8) is 0 Å². The zero-order valence-corrected chi connectivity index (χ0v) is 11.3. The quantitative estimate of drug-likeness (QED) is 0.859. The van der Waals surface area contributed by atoms with Crippen LogP contribution in [0.2, 0.25) is 0 Å². The molecule has 1 N–H and O–H groups in total. The molecule has 1 aliphatic carbocycles. The number of aliphatic hydroxyl groups is 1. The van der Waals surface area contributed by atoms with Gasteiger partial charge in [0.2, 0.25) is 11.6 Å². The lowest BCUT2D eigenvalue weighted by molar-refractivity contribution is -0.110. The van der Waals surface area contributed by atoms with Crippen LogP contribution in [0.15, 0.2) is 48.5 Å². The predicted molar refractivity (Wildman–Crippen MR) is 78.2 cm³/mol. The lowest BCUT2D eigenvalue weighted by Crippen LogP contribution is -2.23. The van der Waals surface area contributed by atoms with Gasteiger partial charge in [-0.2, -0.15) is 0 Å². The Labute approximate surface area is 121 Å². The van der Waals surface area contributed by atoms with E-state index in [1.807, 2.05) is 0 Å². The summed E-state index contributed by atoms with van der Waals surface area (Å²) in [6.45, 7) is 0. The van der Waals surface area contributed by atoms with Gasteiger partial charge in [-0.1, -0.05) is 36.4 Å². The van der Waals surface area contributed by atoms with Crippen LogP contribution < -0.4 is 4.74 Å². The summed E-state index contributed by atoms with van der Waals surface area (Å²) >= 11 is 0. The first-order valence-corrected chi connectivity index (χ1v) is 6.39. The van der Waals surface area contributed by atoms with Crippen LogP contribution in [0.1, 0.15) is 21.5 Å². The molecule has 104 valence electrons. The van der Waals surface area contributed by atoms with E-state index in [2.05, 4.69) is 0 Å². The summed E-state index contributed by atoms with van der Waals surface area (Å²) in [6.07, 6.45) is 0. The van der Waals surface area contributed by atoms with E-state index in [-0.39, 0.29) is 16.9 Å². The molecule has 0 bridgehead atoms. The number of hydrogen-bond acceptors (Lipinski definition) is 4. The number of carbonyl (C=O) groups is 2. The maximum Gasteiger partial charge on any atom is 0.237 e. The summed E-state index contributed by atoms with van der Waals surface area (Å²) < 4.78 is 5.11. The van der Waals surface area contributed by atoms with Gasteiger partial charge < -0.3 is 9.84 Å². The first-order chi connectivity index (χ1) is 10.1. The largest absolute Gasteiger partial charge is 0.506 e. The third-order valence-electron chi connectivity index (χ3n) is 3.46. The lowest BCUT2D eigenvalue weighted by atomic mass is 9.85. The molecule has 0 atom stereocenters. The molecule has 0 fully saturated rings. The van der Waals surface area contributed by atoms with Crippen LogP contribution >= 0.6 is 0 Å². The fourth-order valence-corrected chi connectivity index (χ4v) is 2.41. The molecule has 0 unspecified atom stereocenters. The first-order valence-electron chi connectivity index (χ1n) is 6.39. The number of allylic oxidation sites excluding steroid dienone is 1. The van der Waals surface area contributed by atoms with E-state index < -0.39 is 11.6 Å². The average molecular weight is 280 g/mol. The third-order valence-corrected chi connectivity index (χ3v) is 3.46. The van der Waals surface area contributed by atoms with E-state index in [4.69, 9.17) is 4.74 Å². The van der Waals surface area contributed by atoms with Gasteiger partial charge in [0.05, 0.1) is 12.7 Å². The van der Waals surface area contributed by atoms with E-state index in [1.165, 1.54) is 13.2 Å². The van der Waals surface area contributed by atoms with Crippen molar-refractivity contribution in [3.05, 3.63) is 65.2 Å². The molecule has 0 heterocycles. The second-order valence-corrected chi connectivity index (χ2v) is 4.66.